The average molecular weight is 671 g/mol. The third-order valence-corrected chi connectivity index (χ3v) is 10.1. The topological polar surface area (TPSA) is 124 Å². The zero-order chi connectivity index (χ0) is 31.9. The number of carbonyl (C=O) groups excluding carboxylic acids is 1. The molecule has 4 aromatic rings. The monoisotopic (exact) mass is 669 g/mol. The van der Waals surface area contributed by atoms with E-state index in [1.165, 1.54) is 10.6 Å². The lowest BCUT2D eigenvalue weighted by Crippen LogP contribution is -2.48. The Morgan fingerprint density at radius 1 is 1.02 bits per heavy atom. The Labute approximate surface area is 272 Å². The molecule has 0 unspecified atom stereocenters. The highest BCUT2D eigenvalue weighted by Crippen LogP contribution is 2.33. The lowest BCUT2D eigenvalue weighted by Gasteiger charge is -2.34. The zero-order valence-corrected chi connectivity index (χ0v) is 27.1. The predicted octanol–water partition coefficient (Wildman–Crippen LogP) is 4.57. The summed E-state index contributed by atoms with van der Waals surface area (Å²) < 4.78 is 27.1. The lowest BCUT2D eigenvalue weighted by atomic mass is 10.0. The molecule has 0 aliphatic carbocycles. The number of aliphatic hydroxyl groups excluding tert-OH is 1. The molecule has 1 fully saturated rings. The molecular formula is C31H33Cl2N7O4S. The number of sulfonamides is 1. The van der Waals surface area contributed by atoms with Gasteiger partial charge in [-0.15, -0.1) is 0 Å². The normalized spacial score (nSPS) is 16.5. The van der Waals surface area contributed by atoms with Crippen molar-refractivity contribution in [3.05, 3.63) is 87.8 Å². The molecule has 0 saturated carbocycles. The number of aryl methyl sites for hydroxylation is 1. The second kappa shape index (κ2) is 12.6. The van der Waals surface area contributed by atoms with Crippen molar-refractivity contribution in [2.24, 2.45) is 0 Å². The highest BCUT2D eigenvalue weighted by molar-refractivity contribution is 7.88. The fraction of sp³-hybridized carbons (Fsp3) is 0.323. The summed E-state index contributed by atoms with van der Waals surface area (Å²) in [5.74, 6) is 0.173. The van der Waals surface area contributed by atoms with Gasteiger partial charge in [-0.2, -0.15) is 4.31 Å². The third-order valence-electron chi connectivity index (χ3n) is 8.26. The number of carbonyl (C=O) groups is 1. The number of fused-ring (bicyclic) bond motifs is 1. The number of halogens is 2. The fourth-order valence-electron chi connectivity index (χ4n) is 5.86. The molecule has 0 spiro atoms. The minimum atomic E-state index is -3.21. The van der Waals surface area contributed by atoms with Gasteiger partial charge in [0.25, 0.3) is 5.91 Å². The molecule has 6 rings (SSSR count). The van der Waals surface area contributed by atoms with Crippen molar-refractivity contribution in [2.45, 2.75) is 19.5 Å². The average Bonchev–Trinajstić information content (AvgIpc) is 3.45. The Morgan fingerprint density at radius 3 is 2.49 bits per heavy atom. The highest BCUT2D eigenvalue weighted by Gasteiger charge is 2.32. The van der Waals surface area contributed by atoms with E-state index in [1.807, 2.05) is 54.1 Å². The fourth-order valence-corrected chi connectivity index (χ4v) is 7.11. The van der Waals surface area contributed by atoms with Crippen LogP contribution in [0.25, 0.3) is 11.3 Å². The molecular weight excluding hydrogens is 637 g/mol. The number of aromatic nitrogens is 3. The third kappa shape index (κ3) is 6.52. The molecule has 2 aliphatic heterocycles. The number of benzene rings is 2. The molecule has 14 heteroatoms. The van der Waals surface area contributed by atoms with Crippen LogP contribution in [-0.4, -0.2) is 88.8 Å². The molecule has 4 heterocycles. The van der Waals surface area contributed by atoms with Crippen molar-refractivity contribution >= 4 is 56.5 Å². The molecule has 236 valence electrons. The molecule has 2 aromatic heterocycles. The van der Waals surface area contributed by atoms with Crippen molar-refractivity contribution < 1.29 is 18.3 Å². The molecule has 2 N–H and O–H groups in total. The standard InChI is InChI=1S/C31H33Cl2N7O4S/c1-20-17-34-31(35-26-7-6-24(16-25(26)33)37-8-11-39(12-9-37)45(2,43)44)36-29(20)22-15-27-30(42)40(13-10-38(27)18-22)28(19-41)21-4-3-5-23(32)14-21/h3-7,14-18,28,41H,8-13,19H2,1-2H3,(H,34,35,36)/t28-/m0/s1. The van der Waals surface area contributed by atoms with E-state index in [4.69, 9.17) is 28.2 Å². The predicted molar refractivity (Wildman–Crippen MR) is 176 cm³/mol. The molecule has 2 aromatic carbocycles. The second-order valence-corrected chi connectivity index (χ2v) is 14.0. The number of nitrogens with one attached hydrogen (secondary N) is 1. The van der Waals surface area contributed by atoms with Gasteiger partial charge in [-0.25, -0.2) is 18.4 Å². The minimum absolute atomic E-state index is 0.179. The van der Waals surface area contributed by atoms with Gasteiger partial charge in [0.2, 0.25) is 16.0 Å². The smallest absolute Gasteiger partial charge is 0.271 e. The summed E-state index contributed by atoms with van der Waals surface area (Å²) >= 11 is 12.8. The minimum Gasteiger partial charge on any atom is -0.394 e. The number of amides is 1. The number of aliphatic hydroxyl groups is 1. The Balaban J connectivity index is 1.19. The first-order chi connectivity index (χ1) is 21.5. The summed E-state index contributed by atoms with van der Waals surface area (Å²) in [4.78, 5) is 26.6. The maximum Gasteiger partial charge on any atom is 0.271 e. The Hall–Kier alpha value is -3.68. The van der Waals surface area contributed by atoms with Crippen molar-refractivity contribution in [2.75, 3.05) is 55.8 Å². The van der Waals surface area contributed by atoms with Crippen LogP contribution >= 0.6 is 23.2 Å². The quantitative estimate of drug-likeness (QED) is 0.280. The van der Waals surface area contributed by atoms with Crippen LogP contribution in [0.5, 0.6) is 0 Å². The van der Waals surface area contributed by atoms with E-state index in [9.17, 15) is 18.3 Å². The molecule has 11 nitrogen and oxygen atoms in total. The molecule has 2 aliphatic rings. The highest BCUT2D eigenvalue weighted by atomic mass is 35.5. The van der Waals surface area contributed by atoms with Crippen LogP contribution in [0.1, 0.15) is 27.7 Å². The van der Waals surface area contributed by atoms with E-state index in [0.29, 0.717) is 72.3 Å². The van der Waals surface area contributed by atoms with Gasteiger partial charge in [-0.05, 0) is 54.4 Å². The summed E-state index contributed by atoms with van der Waals surface area (Å²) in [6.45, 7) is 4.70. The number of hydrogen-bond donors (Lipinski definition) is 2. The lowest BCUT2D eigenvalue weighted by molar-refractivity contribution is 0.0526. The van der Waals surface area contributed by atoms with Gasteiger partial charge < -0.3 is 24.8 Å². The first-order valence-corrected chi connectivity index (χ1v) is 17.1. The molecule has 45 heavy (non-hydrogen) atoms. The SMILES string of the molecule is Cc1cnc(Nc2ccc(N3CCN(S(C)(=O)=O)CC3)cc2Cl)nc1-c1cc2n(c1)CCN([C@@H](CO)c1cccc(Cl)c1)C2=O. The summed E-state index contributed by atoms with van der Waals surface area (Å²) in [5, 5.41) is 14.4. The second-order valence-electron chi connectivity index (χ2n) is 11.2. The summed E-state index contributed by atoms with van der Waals surface area (Å²) in [7, 11) is -3.21. The van der Waals surface area contributed by atoms with Gasteiger partial charge in [0, 0.05) is 67.9 Å². The van der Waals surface area contributed by atoms with Crippen molar-refractivity contribution in [1.29, 1.82) is 0 Å². The zero-order valence-electron chi connectivity index (χ0n) is 24.8. The molecule has 0 radical (unpaired) electrons. The number of nitrogens with zero attached hydrogens (tertiary/aromatic N) is 6. The van der Waals surface area contributed by atoms with Crippen LogP contribution < -0.4 is 10.2 Å². The van der Waals surface area contributed by atoms with Gasteiger partial charge in [-0.1, -0.05) is 35.3 Å². The van der Waals surface area contributed by atoms with Gasteiger partial charge in [0.15, 0.2) is 0 Å². The summed E-state index contributed by atoms with van der Waals surface area (Å²) in [5.41, 5.74) is 5.13. The van der Waals surface area contributed by atoms with Crippen molar-refractivity contribution in [3.8, 4) is 11.3 Å². The Morgan fingerprint density at radius 2 is 1.80 bits per heavy atom. The van der Waals surface area contributed by atoms with Gasteiger partial charge in [0.1, 0.15) is 5.69 Å². The van der Waals surface area contributed by atoms with E-state index in [2.05, 4.69) is 15.2 Å². The summed E-state index contributed by atoms with van der Waals surface area (Å²) in [6.07, 6.45) is 4.87. The van der Waals surface area contributed by atoms with Gasteiger partial charge in [0.05, 0.1) is 35.3 Å². The Bertz CT molecular complexity index is 1860. The van der Waals surface area contributed by atoms with E-state index in [0.717, 1.165) is 22.4 Å². The number of anilines is 3. The van der Waals surface area contributed by atoms with Crippen LogP contribution in [0.3, 0.4) is 0 Å². The van der Waals surface area contributed by atoms with Crippen LogP contribution in [0.4, 0.5) is 17.3 Å². The maximum absolute atomic E-state index is 13.6. The van der Waals surface area contributed by atoms with Crippen molar-refractivity contribution in [3.63, 3.8) is 0 Å². The van der Waals surface area contributed by atoms with Crippen LogP contribution in [0, 0.1) is 6.92 Å². The number of hydrogen-bond acceptors (Lipinski definition) is 8. The van der Waals surface area contributed by atoms with E-state index >= 15 is 0 Å². The molecule has 1 saturated heterocycles. The van der Waals surface area contributed by atoms with Crippen molar-refractivity contribution in [1.82, 2.24) is 23.7 Å². The van der Waals surface area contributed by atoms with Crippen LogP contribution in [-0.2, 0) is 16.6 Å². The molecule has 1 amide bonds. The first-order valence-electron chi connectivity index (χ1n) is 14.5. The number of rotatable bonds is 8. The molecule has 0 bridgehead atoms. The van der Waals surface area contributed by atoms with E-state index < -0.39 is 16.1 Å². The van der Waals surface area contributed by atoms with E-state index in [-0.39, 0.29) is 12.5 Å². The maximum atomic E-state index is 13.6. The van der Waals surface area contributed by atoms with Gasteiger partial charge >= 0.3 is 0 Å². The van der Waals surface area contributed by atoms with Crippen LogP contribution in [0.2, 0.25) is 10.0 Å². The van der Waals surface area contributed by atoms with E-state index in [1.54, 1.807) is 23.2 Å². The first kappa shape index (κ1) is 31.3. The summed E-state index contributed by atoms with van der Waals surface area (Å²) in [6, 6.07) is 14.2. The molecule has 1 atom stereocenters. The van der Waals surface area contributed by atoms with Gasteiger partial charge in [-0.3, -0.25) is 4.79 Å². The van der Waals surface area contributed by atoms with Crippen LogP contribution in [0.15, 0.2) is 60.9 Å². The Kier molecular flexibility index (Phi) is 8.77. The number of piperazine rings is 1. The largest absolute Gasteiger partial charge is 0.394 e.